The zero-order valence-electron chi connectivity index (χ0n) is 7.13. The van der Waals surface area contributed by atoms with Crippen LogP contribution in [0.4, 0.5) is 0 Å². The van der Waals surface area contributed by atoms with E-state index in [9.17, 15) is 0 Å². The zero-order chi connectivity index (χ0) is 8.97. The highest BCUT2D eigenvalue weighted by molar-refractivity contribution is 9.10. The molecular formula is C9H11BrO2. The van der Waals surface area contributed by atoms with Crippen molar-refractivity contribution in [2.75, 3.05) is 13.7 Å². The fourth-order valence-electron chi connectivity index (χ4n) is 0.897. The van der Waals surface area contributed by atoms with E-state index in [0.717, 1.165) is 16.0 Å². The maximum atomic E-state index is 5.30. The summed E-state index contributed by atoms with van der Waals surface area (Å²) in [6.07, 6.45) is 0. The van der Waals surface area contributed by atoms with Gasteiger partial charge in [-0.1, -0.05) is 0 Å². The van der Waals surface area contributed by atoms with Gasteiger partial charge in [-0.2, -0.15) is 0 Å². The van der Waals surface area contributed by atoms with Crippen LogP contribution in [0.25, 0.3) is 0 Å². The summed E-state index contributed by atoms with van der Waals surface area (Å²) in [6.45, 7) is 2.62. The third-order valence-electron chi connectivity index (χ3n) is 1.43. The molecular weight excluding hydrogens is 220 g/mol. The minimum atomic E-state index is 0.671. The molecule has 0 atom stereocenters. The quantitative estimate of drug-likeness (QED) is 0.796. The van der Waals surface area contributed by atoms with Gasteiger partial charge in [0.25, 0.3) is 0 Å². The van der Waals surface area contributed by atoms with E-state index in [-0.39, 0.29) is 0 Å². The van der Waals surface area contributed by atoms with Crippen LogP contribution in [-0.2, 0) is 0 Å². The smallest absolute Gasteiger partial charge is 0.136 e. The molecule has 66 valence electrons. The molecule has 1 aromatic rings. The van der Waals surface area contributed by atoms with Gasteiger partial charge in [-0.05, 0) is 35.0 Å². The van der Waals surface area contributed by atoms with Crippen LogP contribution < -0.4 is 9.47 Å². The highest BCUT2D eigenvalue weighted by Gasteiger charge is 2.00. The maximum Gasteiger partial charge on any atom is 0.136 e. The van der Waals surface area contributed by atoms with Crippen LogP contribution in [0.3, 0.4) is 0 Å². The third-order valence-corrected chi connectivity index (χ3v) is 2.09. The van der Waals surface area contributed by atoms with E-state index >= 15 is 0 Å². The average Bonchev–Trinajstić information content (AvgIpc) is 2.09. The van der Waals surface area contributed by atoms with Crippen molar-refractivity contribution in [2.45, 2.75) is 6.92 Å². The first-order valence-electron chi connectivity index (χ1n) is 3.74. The minimum absolute atomic E-state index is 0.671. The Labute approximate surface area is 80.6 Å². The molecule has 1 aromatic carbocycles. The Hall–Kier alpha value is -0.700. The Balaban J connectivity index is 2.89. The molecule has 0 fully saturated rings. The van der Waals surface area contributed by atoms with Gasteiger partial charge in [-0.15, -0.1) is 0 Å². The first kappa shape index (κ1) is 9.39. The predicted octanol–water partition coefficient (Wildman–Crippen LogP) is 2.86. The number of rotatable bonds is 3. The molecule has 0 amide bonds. The van der Waals surface area contributed by atoms with Crippen molar-refractivity contribution in [1.82, 2.24) is 0 Å². The molecule has 2 nitrogen and oxygen atoms in total. The summed E-state index contributed by atoms with van der Waals surface area (Å²) < 4.78 is 11.3. The first-order valence-corrected chi connectivity index (χ1v) is 4.53. The number of hydrogen-bond acceptors (Lipinski definition) is 2. The average molecular weight is 231 g/mol. The number of hydrogen-bond donors (Lipinski definition) is 0. The van der Waals surface area contributed by atoms with Crippen molar-refractivity contribution < 1.29 is 9.47 Å². The van der Waals surface area contributed by atoms with Gasteiger partial charge in [0.1, 0.15) is 11.5 Å². The molecule has 0 spiro atoms. The summed E-state index contributed by atoms with van der Waals surface area (Å²) in [5.74, 6) is 1.62. The standard InChI is InChI=1S/C9H11BrO2/c1-3-12-7-4-5-8(10)9(6-7)11-2/h4-6H,3H2,1-2H3. The SMILES string of the molecule is CCOc1ccc(Br)c(OC)c1. The lowest BCUT2D eigenvalue weighted by atomic mass is 10.3. The molecule has 0 heterocycles. The second-order valence-corrected chi connectivity index (χ2v) is 3.08. The number of halogens is 1. The van der Waals surface area contributed by atoms with E-state index in [0.29, 0.717) is 6.61 Å². The van der Waals surface area contributed by atoms with Crippen LogP contribution in [0, 0.1) is 0 Å². The van der Waals surface area contributed by atoms with E-state index < -0.39 is 0 Å². The Morgan fingerprint density at radius 1 is 1.42 bits per heavy atom. The van der Waals surface area contributed by atoms with Gasteiger partial charge in [-0.25, -0.2) is 0 Å². The van der Waals surface area contributed by atoms with Gasteiger partial charge in [0.05, 0.1) is 18.2 Å². The van der Waals surface area contributed by atoms with Gasteiger partial charge in [0.2, 0.25) is 0 Å². The monoisotopic (exact) mass is 230 g/mol. The van der Waals surface area contributed by atoms with Crippen molar-refractivity contribution >= 4 is 15.9 Å². The zero-order valence-corrected chi connectivity index (χ0v) is 8.72. The molecule has 0 bridgehead atoms. The lowest BCUT2D eigenvalue weighted by Gasteiger charge is -2.06. The summed E-state index contributed by atoms with van der Waals surface area (Å²) in [7, 11) is 1.63. The fraction of sp³-hybridized carbons (Fsp3) is 0.333. The van der Waals surface area contributed by atoms with Crippen LogP contribution >= 0.6 is 15.9 Å². The molecule has 0 aliphatic heterocycles. The maximum absolute atomic E-state index is 5.30. The Kier molecular flexibility index (Phi) is 3.41. The number of benzene rings is 1. The fourth-order valence-corrected chi connectivity index (χ4v) is 1.31. The van der Waals surface area contributed by atoms with E-state index in [1.807, 2.05) is 25.1 Å². The normalized spacial score (nSPS) is 9.58. The Morgan fingerprint density at radius 3 is 2.75 bits per heavy atom. The molecule has 0 aromatic heterocycles. The molecule has 1 rings (SSSR count). The lowest BCUT2D eigenvalue weighted by molar-refractivity contribution is 0.336. The van der Waals surface area contributed by atoms with Crippen molar-refractivity contribution in [1.29, 1.82) is 0 Å². The molecule has 0 aliphatic rings. The number of methoxy groups -OCH3 is 1. The van der Waals surface area contributed by atoms with Gasteiger partial charge < -0.3 is 9.47 Å². The van der Waals surface area contributed by atoms with E-state index in [1.165, 1.54) is 0 Å². The van der Waals surface area contributed by atoms with E-state index in [2.05, 4.69) is 15.9 Å². The minimum Gasteiger partial charge on any atom is -0.495 e. The van der Waals surface area contributed by atoms with Crippen LogP contribution in [0.1, 0.15) is 6.92 Å². The van der Waals surface area contributed by atoms with Gasteiger partial charge >= 0.3 is 0 Å². The Bertz CT molecular complexity index is 261. The van der Waals surface area contributed by atoms with Crippen molar-refractivity contribution in [3.8, 4) is 11.5 Å². The van der Waals surface area contributed by atoms with E-state index in [4.69, 9.17) is 9.47 Å². The Morgan fingerprint density at radius 2 is 2.17 bits per heavy atom. The molecule has 0 aliphatic carbocycles. The van der Waals surface area contributed by atoms with Crippen molar-refractivity contribution in [3.05, 3.63) is 22.7 Å². The molecule has 0 saturated heterocycles. The van der Waals surface area contributed by atoms with Crippen LogP contribution in [0.2, 0.25) is 0 Å². The van der Waals surface area contributed by atoms with Gasteiger partial charge in [-0.3, -0.25) is 0 Å². The summed E-state index contributed by atoms with van der Waals surface area (Å²) >= 11 is 3.36. The third kappa shape index (κ3) is 2.14. The van der Waals surface area contributed by atoms with Crippen molar-refractivity contribution in [3.63, 3.8) is 0 Å². The first-order chi connectivity index (χ1) is 5.77. The molecule has 0 radical (unpaired) electrons. The molecule has 3 heteroatoms. The van der Waals surface area contributed by atoms with Gasteiger partial charge in [0, 0.05) is 6.07 Å². The van der Waals surface area contributed by atoms with E-state index in [1.54, 1.807) is 7.11 Å². The lowest BCUT2D eigenvalue weighted by Crippen LogP contribution is -1.92. The summed E-state index contributed by atoms with van der Waals surface area (Å²) in [4.78, 5) is 0. The molecule has 12 heavy (non-hydrogen) atoms. The highest BCUT2D eigenvalue weighted by atomic mass is 79.9. The van der Waals surface area contributed by atoms with Crippen molar-refractivity contribution in [2.24, 2.45) is 0 Å². The van der Waals surface area contributed by atoms with Gasteiger partial charge in [0.15, 0.2) is 0 Å². The molecule has 0 unspecified atom stereocenters. The van der Waals surface area contributed by atoms with Crippen LogP contribution in [-0.4, -0.2) is 13.7 Å². The van der Waals surface area contributed by atoms with Crippen LogP contribution in [0.5, 0.6) is 11.5 Å². The number of ether oxygens (including phenoxy) is 2. The highest BCUT2D eigenvalue weighted by Crippen LogP contribution is 2.28. The predicted molar refractivity (Wildman–Crippen MR) is 51.9 cm³/mol. The largest absolute Gasteiger partial charge is 0.495 e. The molecule has 0 saturated carbocycles. The molecule has 0 N–H and O–H groups in total. The topological polar surface area (TPSA) is 18.5 Å². The van der Waals surface area contributed by atoms with Crippen LogP contribution in [0.15, 0.2) is 22.7 Å². The second kappa shape index (κ2) is 4.36. The second-order valence-electron chi connectivity index (χ2n) is 2.23. The summed E-state index contributed by atoms with van der Waals surface area (Å²) in [5.41, 5.74) is 0. The summed E-state index contributed by atoms with van der Waals surface area (Å²) in [5, 5.41) is 0. The summed E-state index contributed by atoms with van der Waals surface area (Å²) in [6, 6.07) is 5.66.